The molecule has 1 rings (SSSR count). The monoisotopic (exact) mass is 263 g/mol. The molecule has 0 unspecified atom stereocenters. The molecule has 0 saturated heterocycles. The van der Waals surface area contributed by atoms with Crippen molar-refractivity contribution in [3.8, 4) is 5.75 Å². The highest BCUT2D eigenvalue weighted by atomic mass is 16.5. The molecule has 0 aliphatic rings. The molecule has 2 heteroatoms. The third-order valence-corrected chi connectivity index (χ3v) is 3.88. The SMILES string of the molecule is CCCCOc1cc(CC[C@H](C)C(C)C)cnc1C. The van der Waals surface area contributed by atoms with E-state index in [-0.39, 0.29) is 0 Å². The summed E-state index contributed by atoms with van der Waals surface area (Å²) in [6, 6.07) is 2.17. The van der Waals surface area contributed by atoms with Crippen molar-refractivity contribution >= 4 is 0 Å². The van der Waals surface area contributed by atoms with E-state index >= 15 is 0 Å². The van der Waals surface area contributed by atoms with E-state index in [1.165, 1.54) is 12.0 Å². The average molecular weight is 263 g/mol. The molecule has 0 aliphatic carbocycles. The lowest BCUT2D eigenvalue weighted by Crippen LogP contribution is -2.06. The average Bonchev–Trinajstić information content (AvgIpc) is 2.39. The van der Waals surface area contributed by atoms with Gasteiger partial charge in [-0.2, -0.15) is 0 Å². The van der Waals surface area contributed by atoms with E-state index in [9.17, 15) is 0 Å². The summed E-state index contributed by atoms with van der Waals surface area (Å²) in [5, 5.41) is 0. The molecule has 0 aliphatic heterocycles. The van der Waals surface area contributed by atoms with Gasteiger partial charge in [0, 0.05) is 6.20 Å². The molecule has 108 valence electrons. The summed E-state index contributed by atoms with van der Waals surface area (Å²) in [4.78, 5) is 4.46. The van der Waals surface area contributed by atoms with E-state index in [1.807, 2.05) is 13.1 Å². The summed E-state index contributed by atoms with van der Waals surface area (Å²) in [5.41, 5.74) is 2.29. The van der Waals surface area contributed by atoms with Gasteiger partial charge in [0.1, 0.15) is 5.75 Å². The predicted molar refractivity (Wildman–Crippen MR) is 81.7 cm³/mol. The van der Waals surface area contributed by atoms with Crippen molar-refractivity contribution in [1.82, 2.24) is 4.98 Å². The summed E-state index contributed by atoms with van der Waals surface area (Å²) >= 11 is 0. The summed E-state index contributed by atoms with van der Waals surface area (Å²) < 4.78 is 5.81. The predicted octanol–water partition coefficient (Wildman–Crippen LogP) is 4.79. The van der Waals surface area contributed by atoms with Gasteiger partial charge in [0.2, 0.25) is 0 Å². The Morgan fingerprint density at radius 1 is 1.26 bits per heavy atom. The van der Waals surface area contributed by atoms with Crippen LogP contribution < -0.4 is 4.74 Å². The molecule has 0 amide bonds. The Kier molecular flexibility index (Phi) is 6.90. The highest BCUT2D eigenvalue weighted by Gasteiger charge is 2.09. The first kappa shape index (κ1) is 16.0. The molecular weight excluding hydrogens is 234 g/mol. The van der Waals surface area contributed by atoms with Crippen molar-refractivity contribution in [2.45, 2.75) is 60.3 Å². The van der Waals surface area contributed by atoms with E-state index in [1.54, 1.807) is 0 Å². The van der Waals surface area contributed by atoms with Gasteiger partial charge in [-0.25, -0.2) is 0 Å². The van der Waals surface area contributed by atoms with Crippen LogP contribution in [0.2, 0.25) is 0 Å². The number of nitrogens with zero attached hydrogens (tertiary/aromatic N) is 1. The molecule has 1 aromatic heterocycles. The Balaban J connectivity index is 2.57. The fraction of sp³-hybridized carbons (Fsp3) is 0.706. The van der Waals surface area contributed by atoms with Crippen LogP contribution in [0.3, 0.4) is 0 Å². The summed E-state index contributed by atoms with van der Waals surface area (Å²) in [6.45, 7) is 11.9. The second-order valence-corrected chi connectivity index (χ2v) is 5.89. The van der Waals surface area contributed by atoms with Gasteiger partial charge in [0.05, 0.1) is 12.3 Å². The highest BCUT2D eigenvalue weighted by Crippen LogP contribution is 2.21. The van der Waals surface area contributed by atoms with Crippen molar-refractivity contribution in [3.63, 3.8) is 0 Å². The molecule has 1 atom stereocenters. The summed E-state index contributed by atoms with van der Waals surface area (Å²) in [7, 11) is 0. The van der Waals surface area contributed by atoms with Crippen molar-refractivity contribution in [1.29, 1.82) is 0 Å². The number of ether oxygens (including phenoxy) is 1. The van der Waals surface area contributed by atoms with Gasteiger partial charge in [-0.3, -0.25) is 4.98 Å². The summed E-state index contributed by atoms with van der Waals surface area (Å²) in [5.74, 6) is 2.47. The second kappa shape index (κ2) is 8.19. The molecule has 0 bridgehead atoms. The second-order valence-electron chi connectivity index (χ2n) is 5.89. The van der Waals surface area contributed by atoms with Crippen LogP contribution in [0, 0.1) is 18.8 Å². The Morgan fingerprint density at radius 3 is 2.63 bits per heavy atom. The fourth-order valence-electron chi connectivity index (χ4n) is 1.89. The molecule has 0 radical (unpaired) electrons. The molecule has 2 nitrogen and oxygen atoms in total. The van der Waals surface area contributed by atoms with Gasteiger partial charge in [-0.05, 0) is 49.7 Å². The molecule has 0 spiro atoms. The highest BCUT2D eigenvalue weighted by molar-refractivity contribution is 5.30. The zero-order valence-electron chi connectivity index (χ0n) is 13.2. The lowest BCUT2D eigenvalue weighted by Gasteiger charge is -2.15. The number of hydrogen-bond acceptors (Lipinski definition) is 2. The quantitative estimate of drug-likeness (QED) is 0.629. The molecule has 1 heterocycles. The van der Waals surface area contributed by atoms with Crippen LogP contribution in [0.15, 0.2) is 12.3 Å². The van der Waals surface area contributed by atoms with Crippen LogP contribution in [0.25, 0.3) is 0 Å². The number of aromatic nitrogens is 1. The minimum absolute atomic E-state index is 0.749. The van der Waals surface area contributed by atoms with Gasteiger partial charge >= 0.3 is 0 Å². The van der Waals surface area contributed by atoms with Gasteiger partial charge in [0.25, 0.3) is 0 Å². The van der Waals surface area contributed by atoms with Gasteiger partial charge in [-0.1, -0.05) is 34.1 Å². The van der Waals surface area contributed by atoms with Crippen LogP contribution in [-0.2, 0) is 6.42 Å². The lowest BCUT2D eigenvalue weighted by atomic mass is 9.92. The Bertz CT molecular complexity index is 374. The van der Waals surface area contributed by atoms with Crippen LogP contribution >= 0.6 is 0 Å². The zero-order chi connectivity index (χ0) is 14.3. The standard InChI is InChI=1S/C17H29NO/c1-6-7-10-19-17-11-16(12-18-15(17)5)9-8-14(4)13(2)3/h11-14H,6-10H2,1-5H3/t14-/m0/s1. The van der Waals surface area contributed by atoms with Crippen molar-refractivity contribution in [2.75, 3.05) is 6.61 Å². The largest absolute Gasteiger partial charge is 0.492 e. The maximum atomic E-state index is 5.81. The molecule has 0 aromatic carbocycles. The topological polar surface area (TPSA) is 22.1 Å². The van der Waals surface area contributed by atoms with Gasteiger partial charge in [0.15, 0.2) is 0 Å². The summed E-state index contributed by atoms with van der Waals surface area (Å²) in [6.07, 6.45) is 6.58. The van der Waals surface area contributed by atoms with E-state index in [2.05, 4.69) is 38.7 Å². The number of unbranched alkanes of at least 4 members (excludes halogenated alkanes) is 1. The fourth-order valence-corrected chi connectivity index (χ4v) is 1.89. The Hall–Kier alpha value is -1.05. The zero-order valence-corrected chi connectivity index (χ0v) is 13.2. The van der Waals surface area contributed by atoms with Crippen LogP contribution in [0.1, 0.15) is 58.2 Å². The van der Waals surface area contributed by atoms with E-state index in [0.29, 0.717) is 0 Å². The first-order valence-electron chi connectivity index (χ1n) is 7.62. The number of pyridine rings is 1. The van der Waals surface area contributed by atoms with Crippen LogP contribution in [0.5, 0.6) is 5.75 Å². The molecule has 1 aromatic rings. The van der Waals surface area contributed by atoms with E-state index in [4.69, 9.17) is 4.74 Å². The van der Waals surface area contributed by atoms with Crippen molar-refractivity contribution in [3.05, 3.63) is 23.5 Å². The van der Waals surface area contributed by atoms with Gasteiger partial charge < -0.3 is 4.74 Å². The number of hydrogen-bond donors (Lipinski definition) is 0. The molecule has 0 saturated carbocycles. The number of aryl methyl sites for hydroxylation is 2. The normalized spacial score (nSPS) is 12.7. The van der Waals surface area contributed by atoms with E-state index < -0.39 is 0 Å². The van der Waals surface area contributed by atoms with Crippen molar-refractivity contribution in [2.24, 2.45) is 11.8 Å². The molecule has 0 fully saturated rings. The molecular formula is C17H29NO. The third kappa shape index (κ3) is 5.63. The molecule has 0 N–H and O–H groups in total. The number of rotatable bonds is 8. The first-order chi connectivity index (χ1) is 9.04. The van der Waals surface area contributed by atoms with Crippen LogP contribution in [0.4, 0.5) is 0 Å². The third-order valence-electron chi connectivity index (χ3n) is 3.88. The first-order valence-corrected chi connectivity index (χ1v) is 7.62. The van der Waals surface area contributed by atoms with E-state index in [0.717, 1.165) is 49.1 Å². The maximum absolute atomic E-state index is 5.81. The molecule has 19 heavy (non-hydrogen) atoms. The Labute approximate surface area is 118 Å². The lowest BCUT2D eigenvalue weighted by molar-refractivity contribution is 0.305. The minimum Gasteiger partial charge on any atom is -0.492 e. The van der Waals surface area contributed by atoms with Crippen molar-refractivity contribution < 1.29 is 4.74 Å². The van der Waals surface area contributed by atoms with Crippen LogP contribution in [-0.4, -0.2) is 11.6 Å². The maximum Gasteiger partial charge on any atom is 0.140 e. The smallest absolute Gasteiger partial charge is 0.140 e. The minimum atomic E-state index is 0.749. The Morgan fingerprint density at radius 2 is 2.00 bits per heavy atom. The van der Waals surface area contributed by atoms with Gasteiger partial charge in [-0.15, -0.1) is 0 Å².